The Morgan fingerprint density at radius 1 is 1.10 bits per heavy atom. The lowest BCUT2D eigenvalue weighted by Gasteiger charge is -2.16. The van der Waals surface area contributed by atoms with Gasteiger partial charge in [-0.05, 0) is 50.4 Å². The van der Waals surface area contributed by atoms with Gasteiger partial charge in [-0.2, -0.15) is 0 Å². The standard InChI is InChI=1S/C18H22FN/c1-14-6-5-7-15(12-14)10-11-17(20-2)13-16-8-3-4-9-18(16)19/h3-9,12,17,20H,10-11,13H2,1-2H3. The number of benzene rings is 2. The van der Waals surface area contributed by atoms with Crippen molar-refractivity contribution in [2.24, 2.45) is 0 Å². The summed E-state index contributed by atoms with van der Waals surface area (Å²) in [4.78, 5) is 0. The summed E-state index contributed by atoms with van der Waals surface area (Å²) in [6.07, 6.45) is 2.75. The van der Waals surface area contributed by atoms with Crippen LogP contribution in [-0.4, -0.2) is 13.1 Å². The predicted octanol–water partition coefficient (Wildman–Crippen LogP) is 3.90. The summed E-state index contributed by atoms with van der Waals surface area (Å²) in [6, 6.07) is 15.9. The van der Waals surface area contributed by atoms with Crippen molar-refractivity contribution in [1.82, 2.24) is 5.32 Å². The van der Waals surface area contributed by atoms with Crippen LogP contribution in [0.3, 0.4) is 0 Å². The van der Waals surface area contributed by atoms with Crippen LogP contribution in [-0.2, 0) is 12.8 Å². The smallest absolute Gasteiger partial charge is 0.126 e. The molecular formula is C18H22FN. The molecule has 0 aliphatic rings. The van der Waals surface area contributed by atoms with E-state index in [9.17, 15) is 4.39 Å². The van der Waals surface area contributed by atoms with Crippen LogP contribution in [0.4, 0.5) is 4.39 Å². The normalized spacial score (nSPS) is 12.3. The van der Waals surface area contributed by atoms with Crippen molar-refractivity contribution in [1.29, 1.82) is 0 Å². The molecule has 1 nitrogen and oxygen atoms in total. The third-order valence-corrected chi connectivity index (χ3v) is 3.70. The van der Waals surface area contributed by atoms with Crippen molar-refractivity contribution >= 4 is 0 Å². The third kappa shape index (κ3) is 4.17. The number of likely N-dealkylation sites (N-methyl/N-ethyl adjacent to an activating group) is 1. The van der Waals surface area contributed by atoms with Crippen molar-refractivity contribution in [3.8, 4) is 0 Å². The van der Waals surface area contributed by atoms with Gasteiger partial charge in [-0.15, -0.1) is 0 Å². The molecule has 0 bridgehead atoms. The van der Waals surface area contributed by atoms with Gasteiger partial charge in [-0.1, -0.05) is 48.0 Å². The average Bonchev–Trinajstić information content (AvgIpc) is 2.45. The lowest BCUT2D eigenvalue weighted by molar-refractivity contribution is 0.504. The number of aryl methyl sites for hydroxylation is 2. The van der Waals surface area contributed by atoms with Crippen LogP contribution in [0.1, 0.15) is 23.1 Å². The van der Waals surface area contributed by atoms with E-state index in [-0.39, 0.29) is 5.82 Å². The zero-order valence-electron chi connectivity index (χ0n) is 12.2. The first-order valence-corrected chi connectivity index (χ1v) is 7.15. The van der Waals surface area contributed by atoms with Crippen molar-refractivity contribution in [3.63, 3.8) is 0 Å². The minimum Gasteiger partial charge on any atom is -0.317 e. The molecule has 106 valence electrons. The molecule has 0 saturated carbocycles. The topological polar surface area (TPSA) is 12.0 Å². The fraction of sp³-hybridized carbons (Fsp3) is 0.333. The Morgan fingerprint density at radius 2 is 1.90 bits per heavy atom. The maximum absolute atomic E-state index is 13.7. The Hall–Kier alpha value is -1.67. The van der Waals surface area contributed by atoms with E-state index in [0.717, 1.165) is 24.8 Å². The Kier molecular flexibility index (Phi) is 5.31. The number of nitrogens with one attached hydrogen (secondary N) is 1. The van der Waals surface area contributed by atoms with Gasteiger partial charge in [-0.25, -0.2) is 4.39 Å². The summed E-state index contributed by atoms with van der Waals surface area (Å²) in [6.45, 7) is 2.11. The minimum atomic E-state index is -0.108. The Morgan fingerprint density at radius 3 is 2.60 bits per heavy atom. The molecule has 2 aromatic carbocycles. The highest BCUT2D eigenvalue weighted by atomic mass is 19.1. The highest BCUT2D eigenvalue weighted by Gasteiger charge is 2.10. The van der Waals surface area contributed by atoms with E-state index in [1.165, 1.54) is 17.2 Å². The number of hydrogen-bond donors (Lipinski definition) is 1. The fourth-order valence-corrected chi connectivity index (χ4v) is 2.49. The van der Waals surface area contributed by atoms with Gasteiger partial charge in [0, 0.05) is 6.04 Å². The van der Waals surface area contributed by atoms with Crippen molar-refractivity contribution < 1.29 is 4.39 Å². The van der Waals surface area contributed by atoms with E-state index in [0.29, 0.717) is 6.04 Å². The van der Waals surface area contributed by atoms with Crippen molar-refractivity contribution in [2.45, 2.75) is 32.2 Å². The average molecular weight is 271 g/mol. The Labute approximate surface area is 120 Å². The SMILES string of the molecule is CNC(CCc1cccc(C)c1)Cc1ccccc1F. The van der Waals surface area contributed by atoms with E-state index >= 15 is 0 Å². The van der Waals surface area contributed by atoms with E-state index in [1.807, 2.05) is 19.2 Å². The van der Waals surface area contributed by atoms with Crippen LogP contribution in [0.25, 0.3) is 0 Å². The van der Waals surface area contributed by atoms with Crippen molar-refractivity contribution in [3.05, 3.63) is 71.0 Å². The largest absolute Gasteiger partial charge is 0.317 e. The second-order valence-corrected chi connectivity index (χ2v) is 5.31. The molecule has 0 aliphatic heterocycles. The molecule has 0 fully saturated rings. The monoisotopic (exact) mass is 271 g/mol. The molecule has 2 rings (SSSR count). The third-order valence-electron chi connectivity index (χ3n) is 3.70. The molecule has 2 heteroatoms. The van der Waals surface area contributed by atoms with Crippen LogP contribution < -0.4 is 5.32 Å². The Balaban J connectivity index is 1.94. The molecule has 0 heterocycles. The van der Waals surface area contributed by atoms with E-state index in [4.69, 9.17) is 0 Å². The van der Waals surface area contributed by atoms with Gasteiger partial charge < -0.3 is 5.32 Å². The first kappa shape index (κ1) is 14.7. The van der Waals surface area contributed by atoms with E-state index in [2.05, 4.69) is 36.5 Å². The molecule has 1 atom stereocenters. The second-order valence-electron chi connectivity index (χ2n) is 5.31. The summed E-state index contributed by atoms with van der Waals surface area (Å²) < 4.78 is 13.7. The van der Waals surface area contributed by atoms with Crippen LogP contribution in [0, 0.1) is 12.7 Å². The van der Waals surface area contributed by atoms with Gasteiger partial charge in [0.2, 0.25) is 0 Å². The molecule has 0 saturated heterocycles. The molecule has 0 amide bonds. The molecule has 2 aromatic rings. The van der Waals surface area contributed by atoms with Gasteiger partial charge in [-0.3, -0.25) is 0 Å². The predicted molar refractivity (Wildman–Crippen MR) is 82.5 cm³/mol. The number of hydrogen-bond acceptors (Lipinski definition) is 1. The van der Waals surface area contributed by atoms with Crippen LogP contribution in [0.15, 0.2) is 48.5 Å². The maximum atomic E-state index is 13.7. The zero-order valence-corrected chi connectivity index (χ0v) is 12.2. The summed E-state index contributed by atoms with van der Waals surface area (Å²) in [5.74, 6) is -0.108. The molecule has 1 unspecified atom stereocenters. The molecule has 20 heavy (non-hydrogen) atoms. The number of halogens is 1. The fourth-order valence-electron chi connectivity index (χ4n) is 2.49. The van der Waals surface area contributed by atoms with Gasteiger partial charge in [0.25, 0.3) is 0 Å². The molecule has 1 N–H and O–H groups in total. The summed E-state index contributed by atoms with van der Waals surface area (Å²) in [5.41, 5.74) is 3.42. The number of rotatable bonds is 6. The van der Waals surface area contributed by atoms with Gasteiger partial charge in [0.05, 0.1) is 0 Å². The molecular weight excluding hydrogens is 249 g/mol. The van der Waals surface area contributed by atoms with Gasteiger partial charge >= 0.3 is 0 Å². The summed E-state index contributed by atoms with van der Waals surface area (Å²) in [5, 5.41) is 3.30. The zero-order chi connectivity index (χ0) is 14.4. The molecule has 0 radical (unpaired) electrons. The van der Waals surface area contributed by atoms with E-state index in [1.54, 1.807) is 6.07 Å². The van der Waals surface area contributed by atoms with Crippen LogP contribution >= 0.6 is 0 Å². The van der Waals surface area contributed by atoms with Gasteiger partial charge in [0.1, 0.15) is 5.82 Å². The Bertz CT molecular complexity index is 551. The molecule has 0 spiro atoms. The lowest BCUT2D eigenvalue weighted by atomic mass is 9.98. The highest BCUT2D eigenvalue weighted by molar-refractivity contribution is 5.23. The summed E-state index contributed by atoms with van der Waals surface area (Å²) in [7, 11) is 1.95. The van der Waals surface area contributed by atoms with Crippen LogP contribution in [0.2, 0.25) is 0 Å². The second kappa shape index (κ2) is 7.20. The minimum absolute atomic E-state index is 0.108. The van der Waals surface area contributed by atoms with E-state index < -0.39 is 0 Å². The first-order valence-electron chi connectivity index (χ1n) is 7.15. The van der Waals surface area contributed by atoms with Gasteiger partial charge in [0.15, 0.2) is 0 Å². The lowest BCUT2D eigenvalue weighted by Crippen LogP contribution is -2.28. The van der Waals surface area contributed by atoms with Crippen molar-refractivity contribution in [2.75, 3.05) is 7.05 Å². The maximum Gasteiger partial charge on any atom is 0.126 e. The quantitative estimate of drug-likeness (QED) is 0.840. The molecule has 0 aromatic heterocycles. The highest BCUT2D eigenvalue weighted by Crippen LogP contribution is 2.13. The summed E-state index contributed by atoms with van der Waals surface area (Å²) >= 11 is 0. The van der Waals surface area contributed by atoms with Crippen LogP contribution in [0.5, 0.6) is 0 Å². The first-order chi connectivity index (χ1) is 9.69. The molecule has 0 aliphatic carbocycles.